The van der Waals surface area contributed by atoms with Gasteiger partial charge in [0.2, 0.25) is 0 Å². The molecule has 0 aromatic heterocycles. The van der Waals surface area contributed by atoms with Gasteiger partial charge in [-0.2, -0.15) is 0 Å². The van der Waals surface area contributed by atoms with Gasteiger partial charge >= 0.3 is 17.9 Å². The molecule has 8 unspecified atom stereocenters. The Morgan fingerprint density at radius 3 is 2.37 bits per heavy atom. The van der Waals surface area contributed by atoms with Crippen molar-refractivity contribution >= 4 is 23.7 Å². The van der Waals surface area contributed by atoms with E-state index in [4.69, 9.17) is 18.9 Å². The third-order valence-electron chi connectivity index (χ3n) is 11.3. The van der Waals surface area contributed by atoms with Gasteiger partial charge in [0, 0.05) is 35.2 Å². The number of esters is 3. The van der Waals surface area contributed by atoms with Crippen LogP contribution >= 0.6 is 0 Å². The van der Waals surface area contributed by atoms with Crippen LogP contribution in [0.15, 0.2) is 23.0 Å². The minimum absolute atomic E-state index is 0.251. The van der Waals surface area contributed by atoms with Gasteiger partial charge in [-0.1, -0.05) is 32.4 Å². The van der Waals surface area contributed by atoms with Crippen molar-refractivity contribution in [1.29, 1.82) is 0 Å². The van der Waals surface area contributed by atoms with Gasteiger partial charge in [0.1, 0.15) is 18.0 Å². The second-order valence-electron chi connectivity index (χ2n) is 13.0. The van der Waals surface area contributed by atoms with Gasteiger partial charge in [-0.3, -0.25) is 19.2 Å². The molecule has 3 fully saturated rings. The predicted octanol–water partition coefficient (Wildman–Crippen LogP) is 4.31. The Bertz CT molecular complexity index is 1210. The lowest BCUT2D eigenvalue weighted by Crippen LogP contribution is -2.71. The first-order valence-electron chi connectivity index (χ1n) is 13.7. The van der Waals surface area contributed by atoms with E-state index in [1.54, 1.807) is 6.92 Å². The lowest BCUT2D eigenvalue weighted by atomic mass is 9.33. The number of hydrogen-bond donors (Lipinski definition) is 0. The number of allylic oxidation sites excluding steroid dienone is 3. The normalized spacial score (nSPS) is 44.4. The second kappa shape index (κ2) is 7.95. The van der Waals surface area contributed by atoms with Gasteiger partial charge in [-0.05, 0) is 47.0 Å². The average Bonchev–Trinajstić information content (AvgIpc) is 3.18. The third-order valence-corrected chi connectivity index (χ3v) is 11.3. The van der Waals surface area contributed by atoms with E-state index in [0.29, 0.717) is 37.2 Å². The van der Waals surface area contributed by atoms with E-state index in [9.17, 15) is 19.2 Å². The molecule has 4 aliphatic carbocycles. The second-order valence-corrected chi connectivity index (χ2v) is 13.0. The fourth-order valence-electron chi connectivity index (χ4n) is 9.95. The van der Waals surface area contributed by atoms with E-state index in [0.717, 1.165) is 5.57 Å². The molecule has 208 valence electrons. The Morgan fingerprint density at radius 2 is 1.79 bits per heavy atom. The molecule has 0 spiro atoms. The molecule has 8 heteroatoms. The number of rotatable bonds is 4. The third kappa shape index (κ3) is 2.63. The molecule has 0 N–H and O–H groups in total. The first-order chi connectivity index (χ1) is 17.6. The van der Waals surface area contributed by atoms with Gasteiger partial charge in [0.25, 0.3) is 0 Å². The summed E-state index contributed by atoms with van der Waals surface area (Å²) in [6.07, 6.45) is 2.44. The Kier molecular flexibility index (Phi) is 5.64. The summed E-state index contributed by atoms with van der Waals surface area (Å²) in [5, 5.41) is 0. The molecule has 2 saturated carbocycles. The van der Waals surface area contributed by atoms with Crippen LogP contribution in [0, 0.1) is 38.9 Å². The molecular formula is C30H40O8. The molecule has 0 radical (unpaired) electrons. The maximum absolute atomic E-state index is 14.5. The molecular weight excluding hydrogens is 488 g/mol. The lowest BCUT2D eigenvalue weighted by Gasteiger charge is -2.66. The zero-order valence-electron chi connectivity index (χ0n) is 24.0. The molecule has 38 heavy (non-hydrogen) atoms. The van der Waals surface area contributed by atoms with Crippen molar-refractivity contribution in [2.24, 2.45) is 38.9 Å². The Labute approximate surface area is 224 Å². The van der Waals surface area contributed by atoms with Gasteiger partial charge in [0.05, 0.1) is 24.5 Å². The Hall–Kier alpha value is -2.64. The largest absolute Gasteiger partial charge is 0.497 e. The molecule has 0 amide bonds. The molecule has 8 atom stereocenters. The molecule has 5 rings (SSSR count). The number of fused-ring (bicyclic) bond motifs is 3. The monoisotopic (exact) mass is 528 g/mol. The Balaban J connectivity index is 1.79. The summed E-state index contributed by atoms with van der Waals surface area (Å²) in [7, 11) is 1.32. The van der Waals surface area contributed by atoms with E-state index in [1.807, 2.05) is 41.5 Å². The number of ketones is 1. The summed E-state index contributed by atoms with van der Waals surface area (Å²) >= 11 is 0. The minimum Gasteiger partial charge on any atom is -0.497 e. The number of Topliss-reactive ketones (excluding diaryl/α,β-unsaturated/α-hetero) is 1. The molecule has 0 aromatic carbocycles. The number of carbonyl (C=O) groups excluding carboxylic acids is 4. The maximum Gasteiger partial charge on any atom is 0.321 e. The van der Waals surface area contributed by atoms with Crippen LogP contribution in [0.3, 0.4) is 0 Å². The SMILES string of the molecule is CCOC1=C(C)C(=O)C2(C(=O)OC)C1(C)C(C)=CC1C34CCC(OC(C)=O)C(C)(C)C3C(CC12C)OC4=O. The van der Waals surface area contributed by atoms with Gasteiger partial charge in [-0.15, -0.1) is 0 Å². The van der Waals surface area contributed by atoms with Crippen LogP contribution in [0.25, 0.3) is 0 Å². The van der Waals surface area contributed by atoms with E-state index in [2.05, 4.69) is 6.08 Å². The fourth-order valence-corrected chi connectivity index (χ4v) is 9.95. The van der Waals surface area contributed by atoms with Crippen molar-refractivity contribution in [2.45, 2.75) is 86.9 Å². The molecule has 1 saturated heterocycles. The van der Waals surface area contributed by atoms with Crippen LogP contribution in [-0.4, -0.2) is 49.6 Å². The highest BCUT2D eigenvalue weighted by molar-refractivity contribution is 6.17. The highest BCUT2D eigenvalue weighted by Gasteiger charge is 2.85. The van der Waals surface area contributed by atoms with Crippen molar-refractivity contribution < 1.29 is 38.1 Å². The summed E-state index contributed by atoms with van der Waals surface area (Å²) in [6, 6.07) is 0. The zero-order chi connectivity index (χ0) is 28.2. The summed E-state index contributed by atoms with van der Waals surface area (Å²) in [6.45, 7) is 15.2. The first-order valence-corrected chi connectivity index (χ1v) is 13.7. The van der Waals surface area contributed by atoms with E-state index >= 15 is 0 Å². The van der Waals surface area contributed by atoms with E-state index in [1.165, 1.54) is 14.0 Å². The van der Waals surface area contributed by atoms with Crippen LogP contribution in [0.5, 0.6) is 0 Å². The molecule has 5 aliphatic rings. The fraction of sp³-hybridized carbons (Fsp3) is 0.733. The van der Waals surface area contributed by atoms with E-state index in [-0.39, 0.29) is 29.7 Å². The topological polar surface area (TPSA) is 105 Å². The Morgan fingerprint density at radius 1 is 1.13 bits per heavy atom. The maximum atomic E-state index is 14.5. The van der Waals surface area contributed by atoms with Crippen molar-refractivity contribution in [3.8, 4) is 0 Å². The van der Waals surface area contributed by atoms with E-state index < -0.39 is 45.1 Å². The van der Waals surface area contributed by atoms with Gasteiger partial charge in [0.15, 0.2) is 11.2 Å². The molecule has 1 aliphatic heterocycles. The van der Waals surface area contributed by atoms with Crippen molar-refractivity contribution in [2.75, 3.05) is 13.7 Å². The summed E-state index contributed by atoms with van der Waals surface area (Å²) in [5.41, 5.74) is -3.98. The minimum atomic E-state index is -1.62. The van der Waals surface area contributed by atoms with Crippen LogP contribution in [0.1, 0.15) is 74.7 Å². The van der Waals surface area contributed by atoms with Crippen molar-refractivity contribution in [3.63, 3.8) is 0 Å². The number of hydrogen-bond acceptors (Lipinski definition) is 8. The number of ether oxygens (including phenoxy) is 4. The first kappa shape index (κ1) is 26.9. The molecule has 8 nitrogen and oxygen atoms in total. The van der Waals surface area contributed by atoms with Crippen LogP contribution in [-0.2, 0) is 38.1 Å². The smallest absolute Gasteiger partial charge is 0.321 e. The highest BCUT2D eigenvalue weighted by atomic mass is 16.6. The van der Waals surface area contributed by atoms with Crippen LogP contribution < -0.4 is 0 Å². The zero-order valence-corrected chi connectivity index (χ0v) is 24.0. The highest BCUT2D eigenvalue weighted by Crippen LogP contribution is 2.79. The van der Waals surface area contributed by atoms with Gasteiger partial charge in [-0.25, -0.2) is 0 Å². The standard InChI is InChI=1S/C30H40O8/c1-10-36-23-16(3)22(32)30(25(34)35-9)27(7)14-18-21-26(5,6)20(37-17(4)31)11-12-29(21,24(33)38-18)19(27)13-15(2)28(23,30)8/h13,18-21H,10-12,14H2,1-9H3. The van der Waals surface area contributed by atoms with Crippen molar-refractivity contribution in [1.82, 2.24) is 0 Å². The quantitative estimate of drug-likeness (QED) is 0.230. The molecule has 0 aromatic rings. The van der Waals surface area contributed by atoms with Crippen molar-refractivity contribution in [3.05, 3.63) is 23.0 Å². The number of methoxy groups -OCH3 is 1. The number of carbonyl (C=O) groups is 4. The van der Waals surface area contributed by atoms with Crippen LogP contribution in [0.4, 0.5) is 0 Å². The molecule has 2 bridgehead atoms. The average molecular weight is 529 g/mol. The van der Waals surface area contributed by atoms with Crippen LogP contribution in [0.2, 0.25) is 0 Å². The summed E-state index contributed by atoms with van der Waals surface area (Å²) in [5.74, 6) is -1.76. The summed E-state index contributed by atoms with van der Waals surface area (Å²) in [4.78, 5) is 54.5. The summed E-state index contributed by atoms with van der Waals surface area (Å²) < 4.78 is 23.5. The predicted molar refractivity (Wildman–Crippen MR) is 136 cm³/mol. The molecule has 1 heterocycles. The lowest BCUT2D eigenvalue weighted by molar-refractivity contribution is -0.217. The van der Waals surface area contributed by atoms with Gasteiger partial charge < -0.3 is 18.9 Å².